The third-order valence-corrected chi connectivity index (χ3v) is 2.97. The predicted octanol–water partition coefficient (Wildman–Crippen LogP) is 1.37. The van der Waals surface area contributed by atoms with Crippen LogP contribution in [0.1, 0.15) is 12.8 Å². The number of nitrogens with two attached hydrogens (primary N) is 1. The molecule has 0 bridgehead atoms. The molecule has 3 N–H and O–H groups in total. The Balaban J connectivity index is 2.04. The van der Waals surface area contributed by atoms with Crippen molar-refractivity contribution in [2.75, 3.05) is 30.5 Å². The summed E-state index contributed by atoms with van der Waals surface area (Å²) in [7, 11) is 0. The normalized spacial score (nSPS) is 20.7. The van der Waals surface area contributed by atoms with Crippen molar-refractivity contribution in [3.63, 3.8) is 0 Å². The van der Waals surface area contributed by atoms with Crippen LogP contribution in [0.25, 0.3) is 0 Å². The van der Waals surface area contributed by atoms with Crippen LogP contribution in [0.5, 0.6) is 0 Å². The average Bonchev–Trinajstić information content (AvgIpc) is 2.29. The molecule has 5 nitrogen and oxygen atoms in total. The molecule has 1 unspecified atom stereocenters. The van der Waals surface area contributed by atoms with Crippen LogP contribution < -0.4 is 11.1 Å². The van der Waals surface area contributed by atoms with Crippen molar-refractivity contribution < 1.29 is 4.74 Å². The molecule has 2 rings (SSSR count). The van der Waals surface area contributed by atoms with Crippen LogP contribution in [0.15, 0.2) is 11.2 Å². The summed E-state index contributed by atoms with van der Waals surface area (Å²) < 4.78 is 5.40. The topological polar surface area (TPSA) is 73.1 Å². The Morgan fingerprint density at radius 2 is 2.44 bits per heavy atom. The van der Waals surface area contributed by atoms with Crippen LogP contribution >= 0.6 is 11.8 Å². The van der Waals surface area contributed by atoms with Gasteiger partial charge in [0.1, 0.15) is 11.6 Å². The fourth-order valence-electron chi connectivity index (χ4n) is 1.67. The predicted molar refractivity (Wildman–Crippen MR) is 65.7 cm³/mol. The summed E-state index contributed by atoms with van der Waals surface area (Å²) in [6.45, 7) is 1.60. The van der Waals surface area contributed by atoms with Crippen LogP contribution in [-0.4, -0.2) is 35.5 Å². The van der Waals surface area contributed by atoms with E-state index in [1.807, 2.05) is 6.26 Å². The number of aromatic nitrogens is 2. The minimum atomic E-state index is 0.331. The molecule has 0 spiro atoms. The largest absolute Gasteiger partial charge is 0.383 e. The number of hydrogen-bond acceptors (Lipinski definition) is 6. The molecule has 0 aliphatic carbocycles. The van der Waals surface area contributed by atoms with Gasteiger partial charge in [-0.25, -0.2) is 9.97 Å². The van der Waals surface area contributed by atoms with E-state index in [-0.39, 0.29) is 0 Å². The van der Waals surface area contributed by atoms with Crippen molar-refractivity contribution in [2.24, 2.45) is 0 Å². The first-order chi connectivity index (χ1) is 7.78. The fourth-order valence-corrected chi connectivity index (χ4v) is 2.06. The monoisotopic (exact) mass is 240 g/mol. The Morgan fingerprint density at radius 3 is 3.12 bits per heavy atom. The third kappa shape index (κ3) is 2.99. The lowest BCUT2D eigenvalue weighted by Crippen LogP contribution is -2.30. The van der Waals surface area contributed by atoms with Crippen LogP contribution in [0.4, 0.5) is 11.6 Å². The second-order valence-corrected chi connectivity index (χ2v) is 4.50. The molecule has 0 amide bonds. The Bertz CT molecular complexity index is 355. The van der Waals surface area contributed by atoms with Gasteiger partial charge in [0.05, 0.1) is 12.6 Å². The zero-order valence-corrected chi connectivity index (χ0v) is 10.1. The van der Waals surface area contributed by atoms with E-state index >= 15 is 0 Å². The molecule has 16 heavy (non-hydrogen) atoms. The van der Waals surface area contributed by atoms with E-state index in [9.17, 15) is 0 Å². The molecule has 1 aromatic heterocycles. The molecule has 1 atom stereocenters. The molecule has 2 heterocycles. The highest BCUT2D eigenvalue weighted by Crippen LogP contribution is 2.17. The number of nitrogens with zero attached hydrogens (tertiary/aromatic N) is 2. The molecule has 1 fully saturated rings. The first kappa shape index (κ1) is 11.5. The molecule has 1 saturated heterocycles. The summed E-state index contributed by atoms with van der Waals surface area (Å²) >= 11 is 1.49. The minimum absolute atomic E-state index is 0.331. The van der Waals surface area contributed by atoms with Gasteiger partial charge >= 0.3 is 0 Å². The Labute approximate surface area is 99.2 Å². The van der Waals surface area contributed by atoms with Crippen LogP contribution in [0, 0.1) is 0 Å². The summed E-state index contributed by atoms with van der Waals surface area (Å²) in [6, 6.07) is 2.09. The van der Waals surface area contributed by atoms with Crippen molar-refractivity contribution in [2.45, 2.75) is 24.0 Å². The van der Waals surface area contributed by atoms with Crippen LogP contribution in [0.2, 0.25) is 0 Å². The highest BCUT2D eigenvalue weighted by Gasteiger charge is 2.14. The second kappa shape index (κ2) is 5.36. The van der Waals surface area contributed by atoms with E-state index in [4.69, 9.17) is 10.5 Å². The van der Waals surface area contributed by atoms with Crippen molar-refractivity contribution in [1.29, 1.82) is 0 Å². The maximum Gasteiger partial charge on any atom is 0.191 e. The average molecular weight is 240 g/mol. The summed E-state index contributed by atoms with van der Waals surface area (Å²) in [5.41, 5.74) is 5.70. The first-order valence-corrected chi connectivity index (χ1v) is 6.53. The number of hydrogen-bond donors (Lipinski definition) is 2. The lowest BCUT2D eigenvalue weighted by atomic mass is 10.1. The van der Waals surface area contributed by atoms with E-state index in [0.29, 0.717) is 17.0 Å². The van der Waals surface area contributed by atoms with Gasteiger partial charge < -0.3 is 15.8 Å². The van der Waals surface area contributed by atoms with Gasteiger partial charge in [-0.1, -0.05) is 11.8 Å². The summed E-state index contributed by atoms with van der Waals surface area (Å²) in [4.78, 5) is 8.46. The highest BCUT2D eigenvalue weighted by atomic mass is 32.2. The molecular formula is C10H16N4OS. The Hall–Kier alpha value is -1.01. The molecule has 88 valence electrons. The Kier molecular flexibility index (Phi) is 3.84. The van der Waals surface area contributed by atoms with Gasteiger partial charge in [-0.15, -0.1) is 0 Å². The van der Waals surface area contributed by atoms with Gasteiger partial charge in [-0.2, -0.15) is 0 Å². The van der Waals surface area contributed by atoms with E-state index in [1.165, 1.54) is 11.8 Å². The Morgan fingerprint density at radius 1 is 1.56 bits per heavy atom. The fraction of sp³-hybridized carbons (Fsp3) is 0.600. The van der Waals surface area contributed by atoms with Gasteiger partial charge in [0.15, 0.2) is 5.16 Å². The maximum absolute atomic E-state index is 5.70. The van der Waals surface area contributed by atoms with Gasteiger partial charge in [-0.05, 0) is 19.1 Å². The number of nitrogen functional groups attached to an aromatic ring is 1. The van der Waals surface area contributed by atoms with E-state index in [1.54, 1.807) is 6.07 Å². The molecule has 1 aliphatic rings. The van der Waals surface area contributed by atoms with Gasteiger partial charge in [0, 0.05) is 12.7 Å². The quantitative estimate of drug-likeness (QED) is 0.614. The molecule has 0 saturated carbocycles. The molecule has 1 aromatic rings. The molecular weight excluding hydrogens is 224 g/mol. The number of ether oxygens (including phenoxy) is 1. The second-order valence-electron chi connectivity index (χ2n) is 3.72. The van der Waals surface area contributed by atoms with Crippen molar-refractivity contribution in [3.05, 3.63) is 6.07 Å². The van der Waals surface area contributed by atoms with E-state index in [0.717, 1.165) is 31.9 Å². The lowest BCUT2D eigenvalue weighted by molar-refractivity contribution is 0.0875. The maximum atomic E-state index is 5.70. The van der Waals surface area contributed by atoms with Crippen LogP contribution in [0.3, 0.4) is 0 Å². The summed E-state index contributed by atoms with van der Waals surface area (Å²) in [5.74, 6) is 1.28. The van der Waals surface area contributed by atoms with E-state index in [2.05, 4.69) is 15.3 Å². The standard InChI is InChI=1S/C10H16N4OS/c1-16-10-13-8(11)5-9(14-10)12-7-3-2-4-15-6-7/h5,7H,2-4,6H2,1H3,(H3,11,12,13,14). The first-order valence-electron chi connectivity index (χ1n) is 5.31. The zero-order valence-electron chi connectivity index (χ0n) is 9.27. The zero-order chi connectivity index (χ0) is 11.4. The number of anilines is 2. The number of nitrogens with one attached hydrogen (secondary N) is 1. The molecule has 1 aliphatic heterocycles. The number of rotatable bonds is 3. The van der Waals surface area contributed by atoms with Gasteiger partial charge in [0.25, 0.3) is 0 Å². The van der Waals surface area contributed by atoms with Gasteiger partial charge in [0.2, 0.25) is 0 Å². The molecule has 0 radical (unpaired) electrons. The number of thioether (sulfide) groups is 1. The van der Waals surface area contributed by atoms with Crippen molar-refractivity contribution in [3.8, 4) is 0 Å². The lowest BCUT2D eigenvalue weighted by Gasteiger charge is -2.23. The summed E-state index contributed by atoms with van der Waals surface area (Å²) in [5, 5.41) is 4.02. The molecule has 0 aromatic carbocycles. The highest BCUT2D eigenvalue weighted by molar-refractivity contribution is 7.98. The smallest absolute Gasteiger partial charge is 0.191 e. The molecule has 6 heteroatoms. The van der Waals surface area contributed by atoms with Crippen molar-refractivity contribution >= 4 is 23.4 Å². The van der Waals surface area contributed by atoms with Crippen molar-refractivity contribution in [1.82, 2.24) is 9.97 Å². The van der Waals surface area contributed by atoms with Crippen LogP contribution in [-0.2, 0) is 4.74 Å². The van der Waals surface area contributed by atoms with E-state index < -0.39 is 0 Å². The minimum Gasteiger partial charge on any atom is -0.383 e. The SMILES string of the molecule is CSc1nc(N)cc(NC2CCCOC2)n1. The van der Waals surface area contributed by atoms with Gasteiger partial charge in [-0.3, -0.25) is 0 Å². The third-order valence-electron chi connectivity index (χ3n) is 2.42. The summed E-state index contributed by atoms with van der Waals surface area (Å²) in [6.07, 6.45) is 4.13.